The zero-order valence-electron chi connectivity index (χ0n) is 13.1. The molecule has 0 radical (unpaired) electrons. The Balaban J connectivity index is 1.72. The lowest BCUT2D eigenvalue weighted by molar-refractivity contribution is 0.177. The maximum Gasteiger partial charge on any atom is 0.181 e. The van der Waals surface area contributed by atoms with Crippen LogP contribution in [0.1, 0.15) is 40.0 Å². The molecule has 3 heteroatoms. The first-order valence-electron chi connectivity index (χ1n) is 7.79. The van der Waals surface area contributed by atoms with Gasteiger partial charge in [0.15, 0.2) is 12.2 Å². The zero-order chi connectivity index (χ0) is 14.9. The average molecular weight is 284 g/mol. The second-order valence-corrected chi connectivity index (χ2v) is 7.08. The van der Waals surface area contributed by atoms with Crippen molar-refractivity contribution in [2.75, 3.05) is 5.32 Å². The molecule has 0 aliphatic heterocycles. The quantitative estimate of drug-likeness (QED) is 0.865. The van der Waals surface area contributed by atoms with Gasteiger partial charge >= 0.3 is 0 Å². The molecule has 1 N–H and O–H groups in total. The Kier molecular flexibility index (Phi) is 3.75. The molecular weight excluding hydrogens is 260 g/mol. The van der Waals surface area contributed by atoms with Crippen LogP contribution in [0.2, 0.25) is 0 Å². The topological polar surface area (TPSA) is 38.1 Å². The van der Waals surface area contributed by atoms with E-state index in [2.05, 4.69) is 55.3 Å². The Morgan fingerprint density at radius 1 is 1.33 bits per heavy atom. The summed E-state index contributed by atoms with van der Waals surface area (Å²) >= 11 is 0. The van der Waals surface area contributed by atoms with Crippen molar-refractivity contribution in [2.24, 2.45) is 11.3 Å². The van der Waals surface area contributed by atoms with Gasteiger partial charge in [0.2, 0.25) is 0 Å². The molecule has 0 bridgehead atoms. The fourth-order valence-corrected chi connectivity index (χ4v) is 3.50. The summed E-state index contributed by atoms with van der Waals surface area (Å²) in [5.74, 6) is 1.51. The molecule has 112 valence electrons. The van der Waals surface area contributed by atoms with E-state index in [9.17, 15) is 0 Å². The van der Waals surface area contributed by atoms with Crippen LogP contribution in [0.5, 0.6) is 0 Å². The molecule has 0 amide bonds. The van der Waals surface area contributed by atoms with E-state index < -0.39 is 0 Å². The molecular formula is C18H24N2O. The van der Waals surface area contributed by atoms with Gasteiger partial charge in [-0.25, -0.2) is 4.98 Å². The van der Waals surface area contributed by atoms with Crippen LogP contribution in [0.4, 0.5) is 5.69 Å². The van der Waals surface area contributed by atoms with Crippen molar-refractivity contribution in [1.82, 2.24) is 4.98 Å². The van der Waals surface area contributed by atoms with Crippen LogP contribution in [-0.4, -0.2) is 11.0 Å². The van der Waals surface area contributed by atoms with E-state index in [1.54, 1.807) is 6.20 Å². The van der Waals surface area contributed by atoms with Gasteiger partial charge in [0.25, 0.3) is 0 Å². The van der Waals surface area contributed by atoms with Gasteiger partial charge < -0.3 is 9.73 Å². The van der Waals surface area contributed by atoms with E-state index >= 15 is 0 Å². The Morgan fingerprint density at radius 2 is 2.19 bits per heavy atom. The molecule has 1 saturated carbocycles. The van der Waals surface area contributed by atoms with E-state index in [-0.39, 0.29) is 0 Å². The summed E-state index contributed by atoms with van der Waals surface area (Å²) < 4.78 is 5.37. The monoisotopic (exact) mass is 284 g/mol. The van der Waals surface area contributed by atoms with Gasteiger partial charge in [-0.1, -0.05) is 32.9 Å². The lowest BCUT2D eigenvalue weighted by atomic mass is 9.70. The number of anilines is 1. The second-order valence-electron chi connectivity index (χ2n) is 7.08. The van der Waals surface area contributed by atoms with Crippen LogP contribution in [0.25, 0.3) is 11.3 Å². The predicted octanol–water partition coefficient (Wildman–Crippen LogP) is 4.97. The van der Waals surface area contributed by atoms with E-state index in [1.807, 2.05) is 0 Å². The number of nitrogens with one attached hydrogen (secondary N) is 1. The number of oxazole rings is 1. The van der Waals surface area contributed by atoms with Crippen molar-refractivity contribution in [3.63, 3.8) is 0 Å². The third-order valence-electron chi connectivity index (χ3n) is 4.63. The number of rotatable bonds is 3. The fourth-order valence-electron chi connectivity index (χ4n) is 3.50. The van der Waals surface area contributed by atoms with E-state index in [0.717, 1.165) is 11.3 Å². The summed E-state index contributed by atoms with van der Waals surface area (Å²) in [6.07, 6.45) is 7.04. The summed E-state index contributed by atoms with van der Waals surface area (Å²) in [5, 5.41) is 3.71. The minimum atomic E-state index is 0.485. The fraction of sp³-hybridized carbons (Fsp3) is 0.500. The molecule has 3 rings (SSSR count). The number of hydrogen-bond acceptors (Lipinski definition) is 3. The van der Waals surface area contributed by atoms with Crippen molar-refractivity contribution < 1.29 is 4.42 Å². The summed E-state index contributed by atoms with van der Waals surface area (Å²) in [6, 6.07) is 8.96. The highest BCUT2D eigenvalue weighted by Crippen LogP contribution is 2.39. The van der Waals surface area contributed by atoms with Crippen LogP contribution >= 0.6 is 0 Å². The maximum absolute atomic E-state index is 5.37. The van der Waals surface area contributed by atoms with Gasteiger partial charge in [-0.2, -0.15) is 0 Å². The minimum Gasteiger partial charge on any atom is -0.444 e. The summed E-state index contributed by atoms with van der Waals surface area (Å²) in [6.45, 7) is 7.12. The molecule has 21 heavy (non-hydrogen) atoms. The Bertz CT molecular complexity index is 589. The van der Waals surface area contributed by atoms with Crippen molar-refractivity contribution in [2.45, 2.75) is 46.1 Å². The Hall–Kier alpha value is -1.77. The molecule has 1 aromatic heterocycles. The molecule has 0 spiro atoms. The molecule has 2 atom stereocenters. The normalized spacial score (nSPS) is 24.7. The van der Waals surface area contributed by atoms with Crippen LogP contribution in [0.15, 0.2) is 41.3 Å². The van der Waals surface area contributed by atoms with E-state index in [4.69, 9.17) is 4.42 Å². The van der Waals surface area contributed by atoms with E-state index in [1.165, 1.54) is 31.3 Å². The largest absolute Gasteiger partial charge is 0.444 e. The number of nitrogens with zero attached hydrogens (tertiary/aromatic N) is 1. The van der Waals surface area contributed by atoms with Crippen LogP contribution in [0.3, 0.4) is 0 Å². The highest BCUT2D eigenvalue weighted by atomic mass is 16.3. The third kappa shape index (κ3) is 3.29. The van der Waals surface area contributed by atoms with Gasteiger partial charge in [-0.05, 0) is 42.7 Å². The van der Waals surface area contributed by atoms with Gasteiger partial charge in [-0.3, -0.25) is 0 Å². The van der Waals surface area contributed by atoms with Crippen molar-refractivity contribution in [3.05, 3.63) is 36.9 Å². The molecule has 0 saturated heterocycles. The standard InChI is InChI=1S/C18H24N2O/c1-13-10-18(2,3)8-7-16(13)20-15-6-4-5-14(9-15)17-11-19-12-21-17/h4-6,9,11-13,16,20H,7-8,10H2,1-3H3. The molecule has 1 heterocycles. The lowest BCUT2D eigenvalue weighted by Crippen LogP contribution is -2.36. The van der Waals surface area contributed by atoms with Crippen molar-refractivity contribution >= 4 is 5.69 Å². The first-order valence-corrected chi connectivity index (χ1v) is 7.79. The molecule has 1 aromatic carbocycles. The molecule has 2 aromatic rings. The number of hydrogen-bond donors (Lipinski definition) is 1. The van der Waals surface area contributed by atoms with Gasteiger partial charge in [-0.15, -0.1) is 0 Å². The Labute approximate surface area is 126 Å². The highest BCUT2D eigenvalue weighted by Gasteiger charge is 2.32. The van der Waals surface area contributed by atoms with Gasteiger partial charge in [0.1, 0.15) is 0 Å². The zero-order valence-corrected chi connectivity index (χ0v) is 13.1. The van der Waals surface area contributed by atoms with Crippen molar-refractivity contribution in [1.29, 1.82) is 0 Å². The smallest absolute Gasteiger partial charge is 0.181 e. The van der Waals surface area contributed by atoms with E-state index in [0.29, 0.717) is 17.4 Å². The minimum absolute atomic E-state index is 0.485. The molecule has 1 fully saturated rings. The van der Waals surface area contributed by atoms with Gasteiger partial charge in [0, 0.05) is 17.3 Å². The summed E-state index contributed by atoms with van der Waals surface area (Å²) in [4.78, 5) is 3.98. The number of benzene rings is 1. The molecule has 3 nitrogen and oxygen atoms in total. The SMILES string of the molecule is CC1CC(C)(C)CCC1Nc1cccc(-c2cnco2)c1. The summed E-state index contributed by atoms with van der Waals surface area (Å²) in [5.41, 5.74) is 2.72. The average Bonchev–Trinajstić information content (AvgIpc) is 2.96. The van der Waals surface area contributed by atoms with Crippen LogP contribution in [0, 0.1) is 11.3 Å². The Morgan fingerprint density at radius 3 is 2.90 bits per heavy atom. The maximum atomic E-state index is 5.37. The van der Waals surface area contributed by atoms with Crippen LogP contribution < -0.4 is 5.32 Å². The highest BCUT2D eigenvalue weighted by molar-refractivity contribution is 5.63. The number of aromatic nitrogens is 1. The molecule has 1 aliphatic rings. The second kappa shape index (κ2) is 5.55. The van der Waals surface area contributed by atoms with Crippen molar-refractivity contribution in [3.8, 4) is 11.3 Å². The van der Waals surface area contributed by atoms with Crippen LogP contribution in [-0.2, 0) is 0 Å². The lowest BCUT2D eigenvalue weighted by Gasteiger charge is -2.40. The van der Waals surface area contributed by atoms with Gasteiger partial charge in [0.05, 0.1) is 6.20 Å². The first kappa shape index (κ1) is 14.2. The first-order chi connectivity index (χ1) is 10.0. The molecule has 2 unspecified atom stereocenters. The molecule has 1 aliphatic carbocycles. The summed E-state index contributed by atoms with van der Waals surface area (Å²) in [7, 11) is 0. The third-order valence-corrected chi connectivity index (χ3v) is 4.63. The predicted molar refractivity (Wildman–Crippen MR) is 86.1 cm³/mol.